The average Bonchev–Trinajstić information content (AvgIpc) is 2.40. The van der Waals surface area contributed by atoms with E-state index in [1.807, 2.05) is 33.8 Å². The zero-order valence-corrected chi connectivity index (χ0v) is 12.5. The van der Waals surface area contributed by atoms with Crippen LogP contribution in [0.2, 0.25) is 0 Å². The maximum atomic E-state index is 12.3. The van der Waals surface area contributed by atoms with Crippen molar-refractivity contribution in [2.75, 3.05) is 20.2 Å². The molecule has 1 aromatic carbocycles. The molecule has 4 nitrogen and oxygen atoms in total. The molecule has 0 radical (unpaired) electrons. The van der Waals surface area contributed by atoms with Crippen molar-refractivity contribution < 1.29 is 9.53 Å². The highest BCUT2D eigenvalue weighted by atomic mass is 16.5. The van der Waals surface area contributed by atoms with E-state index in [1.165, 1.54) is 0 Å². The van der Waals surface area contributed by atoms with Crippen LogP contribution in [0.1, 0.15) is 34.0 Å². The number of ether oxygens (including phenoxy) is 1. The standard InChI is InChI=1S/C15H24N2O2/c1-9(7-16)8-17-15(18)14-10(2)6-13(19-5)11(3)12(14)4/h6,9H,7-8,16H2,1-5H3,(H,17,18). The molecule has 1 atom stereocenters. The van der Waals surface area contributed by atoms with Gasteiger partial charge in [0.2, 0.25) is 0 Å². The number of nitrogens with one attached hydrogen (secondary N) is 1. The summed E-state index contributed by atoms with van der Waals surface area (Å²) in [6, 6.07) is 1.91. The third kappa shape index (κ3) is 3.47. The van der Waals surface area contributed by atoms with Crippen LogP contribution in [0.25, 0.3) is 0 Å². The van der Waals surface area contributed by atoms with Crippen LogP contribution in [0.5, 0.6) is 5.75 Å². The lowest BCUT2D eigenvalue weighted by atomic mass is 9.96. The highest BCUT2D eigenvalue weighted by molar-refractivity contribution is 5.97. The molecule has 0 aliphatic heterocycles. The number of carbonyl (C=O) groups excluding carboxylic acids is 1. The second-order valence-electron chi connectivity index (χ2n) is 5.07. The average molecular weight is 264 g/mol. The summed E-state index contributed by atoms with van der Waals surface area (Å²) < 4.78 is 5.31. The van der Waals surface area contributed by atoms with Crippen molar-refractivity contribution in [1.29, 1.82) is 0 Å². The molecule has 19 heavy (non-hydrogen) atoms. The van der Waals surface area contributed by atoms with E-state index in [0.717, 1.165) is 28.0 Å². The Bertz CT molecular complexity index is 470. The molecule has 0 heterocycles. The van der Waals surface area contributed by atoms with Crippen molar-refractivity contribution >= 4 is 5.91 Å². The summed E-state index contributed by atoms with van der Waals surface area (Å²) in [5.74, 6) is 1.06. The van der Waals surface area contributed by atoms with E-state index in [4.69, 9.17) is 10.5 Å². The molecule has 1 rings (SSSR count). The molecule has 1 amide bonds. The summed E-state index contributed by atoms with van der Waals surface area (Å²) in [5, 5.41) is 2.94. The first kappa shape index (κ1) is 15.5. The number of hydrogen-bond donors (Lipinski definition) is 2. The Kier molecular flexibility index (Phi) is 5.36. The van der Waals surface area contributed by atoms with Crippen LogP contribution in [-0.4, -0.2) is 26.1 Å². The smallest absolute Gasteiger partial charge is 0.251 e. The zero-order valence-electron chi connectivity index (χ0n) is 12.5. The van der Waals surface area contributed by atoms with Crippen molar-refractivity contribution in [3.05, 3.63) is 28.3 Å². The Morgan fingerprint density at radius 1 is 1.37 bits per heavy atom. The van der Waals surface area contributed by atoms with Gasteiger partial charge < -0.3 is 15.8 Å². The molecule has 0 aliphatic carbocycles. The number of aryl methyl sites for hydroxylation is 1. The molecule has 0 saturated heterocycles. The molecule has 1 aromatic rings. The minimum absolute atomic E-state index is 0.0407. The van der Waals surface area contributed by atoms with E-state index in [1.54, 1.807) is 7.11 Å². The molecule has 3 N–H and O–H groups in total. The number of methoxy groups -OCH3 is 1. The lowest BCUT2D eigenvalue weighted by Crippen LogP contribution is -2.32. The first-order valence-electron chi connectivity index (χ1n) is 6.55. The van der Waals surface area contributed by atoms with Gasteiger partial charge in [-0.1, -0.05) is 6.92 Å². The Hall–Kier alpha value is -1.55. The van der Waals surface area contributed by atoms with Gasteiger partial charge >= 0.3 is 0 Å². The van der Waals surface area contributed by atoms with Crippen LogP contribution in [0.4, 0.5) is 0 Å². The summed E-state index contributed by atoms with van der Waals surface area (Å²) in [7, 11) is 1.64. The first-order chi connectivity index (χ1) is 8.92. The Balaban J connectivity index is 3.01. The Morgan fingerprint density at radius 2 is 2.00 bits per heavy atom. The second kappa shape index (κ2) is 6.57. The highest BCUT2D eigenvalue weighted by Gasteiger charge is 2.17. The minimum Gasteiger partial charge on any atom is -0.496 e. The van der Waals surface area contributed by atoms with Crippen LogP contribution in [0, 0.1) is 26.7 Å². The highest BCUT2D eigenvalue weighted by Crippen LogP contribution is 2.27. The van der Waals surface area contributed by atoms with Gasteiger partial charge in [0.25, 0.3) is 5.91 Å². The van der Waals surface area contributed by atoms with Crippen molar-refractivity contribution in [2.24, 2.45) is 11.7 Å². The lowest BCUT2D eigenvalue weighted by Gasteiger charge is -2.17. The summed E-state index contributed by atoms with van der Waals surface area (Å²) in [5.41, 5.74) is 9.19. The molecule has 0 aliphatic rings. The molecule has 0 spiro atoms. The van der Waals surface area contributed by atoms with Crippen molar-refractivity contribution in [1.82, 2.24) is 5.32 Å². The molecule has 0 aromatic heterocycles. The van der Waals surface area contributed by atoms with E-state index in [2.05, 4.69) is 5.32 Å². The third-order valence-electron chi connectivity index (χ3n) is 3.51. The summed E-state index contributed by atoms with van der Waals surface area (Å²) in [6.45, 7) is 9.02. The fraction of sp³-hybridized carbons (Fsp3) is 0.533. The molecular weight excluding hydrogens is 240 g/mol. The van der Waals surface area contributed by atoms with E-state index < -0.39 is 0 Å². The number of hydrogen-bond acceptors (Lipinski definition) is 3. The number of rotatable bonds is 5. The lowest BCUT2D eigenvalue weighted by molar-refractivity contribution is 0.0947. The van der Waals surface area contributed by atoms with Crippen molar-refractivity contribution in [2.45, 2.75) is 27.7 Å². The quantitative estimate of drug-likeness (QED) is 0.854. The third-order valence-corrected chi connectivity index (χ3v) is 3.51. The maximum absolute atomic E-state index is 12.3. The van der Waals surface area contributed by atoms with Gasteiger partial charge in [-0.25, -0.2) is 0 Å². The van der Waals surface area contributed by atoms with Gasteiger partial charge in [-0.15, -0.1) is 0 Å². The van der Waals surface area contributed by atoms with Crippen molar-refractivity contribution in [3.8, 4) is 5.75 Å². The van der Waals surface area contributed by atoms with Crippen LogP contribution in [0.15, 0.2) is 6.07 Å². The fourth-order valence-electron chi connectivity index (χ4n) is 2.05. The number of benzene rings is 1. The van der Waals surface area contributed by atoms with Gasteiger partial charge in [-0.05, 0) is 56.0 Å². The first-order valence-corrected chi connectivity index (χ1v) is 6.55. The van der Waals surface area contributed by atoms with Crippen LogP contribution in [0.3, 0.4) is 0 Å². The van der Waals surface area contributed by atoms with E-state index in [9.17, 15) is 4.79 Å². The monoisotopic (exact) mass is 264 g/mol. The number of amides is 1. The summed E-state index contributed by atoms with van der Waals surface area (Å²) >= 11 is 0. The largest absolute Gasteiger partial charge is 0.496 e. The molecule has 0 fully saturated rings. The van der Waals surface area contributed by atoms with Crippen LogP contribution >= 0.6 is 0 Å². The Morgan fingerprint density at radius 3 is 2.53 bits per heavy atom. The molecule has 0 bridgehead atoms. The molecule has 4 heteroatoms. The predicted octanol–water partition coefficient (Wildman–Crippen LogP) is 1.95. The SMILES string of the molecule is COc1cc(C)c(C(=O)NCC(C)CN)c(C)c1C. The van der Waals surface area contributed by atoms with Gasteiger partial charge in [0.15, 0.2) is 0 Å². The van der Waals surface area contributed by atoms with Crippen LogP contribution < -0.4 is 15.8 Å². The Labute approximate surface area is 115 Å². The molecular formula is C15H24N2O2. The number of carbonyl (C=O) groups is 1. The molecule has 0 saturated carbocycles. The van der Waals surface area contributed by atoms with E-state index in [-0.39, 0.29) is 11.8 Å². The second-order valence-corrected chi connectivity index (χ2v) is 5.07. The molecule has 1 unspecified atom stereocenters. The number of nitrogens with two attached hydrogens (primary N) is 1. The van der Waals surface area contributed by atoms with Gasteiger partial charge in [0.05, 0.1) is 7.11 Å². The topological polar surface area (TPSA) is 64.3 Å². The summed E-state index contributed by atoms with van der Waals surface area (Å²) in [6.07, 6.45) is 0. The predicted molar refractivity (Wildman–Crippen MR) is 77.8 cm³/mol. The maximum Gasteiger partial charge on any atom is 0.251 e. The fourth-order valence-corrected chi connectivity index (χ4v) is 2.05. The van der Waals surface area contributed by atoms with Crippen LogP contribution in [-0.2, 0) is 0 Å². The van der Waals surface area contributed by atoms with Gasteiger partial charge in [-0.2, -0.15) is 0 Å². The van der Waals surface area contributed by atoms with E-state index >= 15 is 0 Å². The zero-order chi connectivity index (χ0) is 14.6. The summed E-state index contributed by atoms with van der Waals surface area (Å²) in [4.78, 5) is 12.3. The van der Waals surface area contributed by atoms with Crippen molar-refractivity contribution in [3.63, 3.8) is 0 Å². The van der Waals surface area contributed by atoms with Gasteiger partial charge in [0.1, 0.15) is 5.75 Å². The normalized spacial score (nSPS) is 12.1. The van der Waals surface area contributed by atoms with Gasteiger partial charge in [-0.3, -0.25) is 4.79 Å². The molecule has 106 valence electrons. The van der Waals surface area contributed by atoms with E-state index in [0.29, 0.717) is 13.1 Å². The van der Waals surface area contributed by atoms with Gasteiger partial charge in [0, 0.05) is 12.1 Å². The minimum atomic E-state index is -0.0407.